The molecule has 0 amide bonds. The number of ether oxygens (including phenoxy) is 1. The first-order chi connectivity index (χ1) is 18.5. The highest BCUT2D eigenvalue weighted by atomic mass is 31.1. The predicted molar refractivity (Wildman–Crippen MR) is 162 cm³/mol. The molecule has 7 heteroatoms. The minimum Gasteiger partial charge on any atom is -0.463 e. The van der Waals surface area contributed by atoms with Gasteiger partial charge in [0.05, 0.1) is 8.22 Å². The van der Waals surface area contributed by atoms with Gasteiger partial charge in [-0.25, -0.2) is 0 Å². The van der Waals surface area contributed by atoms with E-state index in [1.165, 1.54) is 44.2 Å². The van der Waals surface area contributed by atoms with Crippen molar-refractivity contribution in [2.24, 2.45) is 44.7 Å². The summed E-state index contributed by atoms with van der Waals surface area (Å²) in [6.45, 7) is 6.64. The molecule has 0 aliphatic heterocycles. The molecule has 7 atom stereocenters. The third kappa shape index (κ3) is 5.38. The van der Waals surface area contributed by atoms with Crippen molar-refractivity contribution in [2.45, 2.75) is 84.7 Å². The van der Waals surface area contributed by atoms with E-state index < -0.39 is 8.22 Å². The van der Waals surface area contributed by atoms with E-state index in [1.54, 1.807) is 6.92 Å². The first-order valence-electron chi connectivity index (χ1n) is 15.1. The number of carbonyl (C=O) groups excluding carboxylic acids is 1. The van der Waals surface area contributed by atoms with Gasteiger partial charge < -0.3 is 4.74 Å². The third-order valence-electron chi connectivity index (χ3n) is 10.9. The zero-order chi connectivity index (χ0) is 27.9. The van der Waals surface area contributed by atoms with Crippen LogP contribution in [-0.4, -0.2) is 60.8 Å². The largest absolute Gasteiger partial charge is 0.463 e. The Labute approximate surface area is 237 Å². The van der Waals surface area contributed by atoms with Crippen molar-refractivity contribution in [1.29, 1.82) is 0 Å². The average molecular weight is 553 g/mol. The molecular weight excluding hydrogens is 503 g/mol. The second-order valence-electron chi connectivity index (χ2n) is 13.5. The molecule has 39 heavy (non-hydrogen) atoms. The summed E-state index contributed by atoms with van der Waals surface area (Å²) < 4.78 is 10.2. The summed E-state index contributed by atoms with van der Waals surface area (Å²) >= 11 is 0. The van der Waals surface area contributed by atoms with Crippen LogP contribution in [0.5, 0.6) is 0 Å². The molecule has 1 aromatic carbocycles. The molecule has 0 spiro atoms. The number of benzene rings is 1. The summed E-state index contributed by atoms with van der Waals surface area (Å²) in [5.74, 6) is 2.83. The smallest absolute Gasteiger partial charge is 0.302 e. The monoisotopic (exact) mass is 552 g/mol. The van der Waals surface area contributed by atoms with Gasteiger partial charge in [-0.3, -0.25) is 14.1 Å². The summed E-state index contributed by atoms with van der Waals surface area (Å²) in [6, 6.07) is 10.6. The topological polar surface area (TPSA) is 57.5 Å². The Morgan fingerprint density at radius 3 is 2.33 bits per heavy atom. The SMILES string of the molecule is CC(=O)O[C@H]1CC[C@@]2(C)[C@@H](CC[C@@H]3[C@@H]2CC[C@]2(C)/C(=N\N=C(\c4ccccc4)P(N(C)C)N(C)C)CC[C@@H]32)C1. The lowest BCUT2D eigenvalue weighted by Gasteiger charge is -2.60. The van der Waals surface area contributed by atoms with E-state index in [2.05, 4.69) is 81.7 Å². The number of hydrogen-bond acceptors (Lipinski definition) is 6. The maximum absolute atomic E-state index is 11.6. The molecule has 0 aromatic heterocycles. The van der Waals surface area contributed by atoms with Crippen LogP contribution in [0.1, 0.15) is 84.1 Å². The lowest BCUT2D eigenvalue weighted by Crippen LogP contribution is -2.54. The summed E-state index contributed by atoms with van der Waals surface area (Å²) in [5.41, 5.74) is 4.11. The van der Waals surface area contributed by atoms with Crippen LogP contribution in [0.2, 0.25) is 0 Å². The van der Waals surface area contributed by atoms with Crippen LogP contribution in [0.3, 0.4) is 0 Å². The second kappa shape index (κ2) is 11.3. The van der Waals surface area contributed by atoms with E-state index >= 15 is 0 Å². The maximum Gasteiger partial charge on any atom is 0.302 e. The van der Waals surface area contributed by atoms with Gasteiger partial charge in [-0.1, -0.05) is 44.2 Å². The highest BCUT2D eigenvalue weighted by molar-refractivity contribution is 7.71. The number of fused-ring (bicyclic) bond motifs is 5. The molecule has 6 nitrogen and oxygen atoms in total. The summed E-state index contributed by atoms with van der Waals surface area (Å²) in [7, 11) is 7.83. The zero-order valence-electron chi connectivity index (χ0n) is 25.2. The zero-order valence-corrected chi connectivity index (χ0v) is 26.1. The number of rotatable bonds is 6. The predicted octanol–water partition coefficient (Wildman–Crippen LogP) is 7.20. The maximum atomic E-state index is 11.6. The number of carbonyl (C=O) groups is 1. The Balaban J connectivity index is 1.39. The Morgan fingerprint density at radius 2 is 1.67 bits per heavy atom. The van der Waals surface area contributed by atoms with Gasteiger partial charge in [-0.2, -0.15) is 5.10 Å². The molecule has 0 saturated heterocycles. The van der Waals surface area contributed by atoms with Gasteiger partial charge >= 0.3 is 5.97 Å². The lowest BCUT2D eigenvalue weighted by atomic mass is 9.45. The van der Waals surface area contributed by atoms with Crippen LogP contribution in [-0.2, 0) is 9.53 Å². The molecule has 0 radical (unpaired) electrons. The van der Waals surface area contributed by atoms with Gasteiger partial charge in [0.2, 0.25) is 0 Å². The fraction of sp³-hybridized carbons (Fsp3) is 0.719. The molecule has 4 aliphatic rings. The molecule has 4 aliphatic carbocycles. The lowest BCUT2D eigenvalue weighted by molar-refractivity contribution is -0.158. The molecule has 0 unspecified atom stereocenters. The summed E-state index contributed by atoms with van der Waals surface area (Å²) in [5, 5.41) is 10.2. The quantitative estimate of drug-likeness (QED) is 0.162. The molecule has 0 bridgehead atoms. The Bertz CT molecular complexity index is 1100. The van der Waals surface area contributed by atoms with Gasteiger partial charge in [-0.15, -0.1) is 5.10 Å². The molecule has 214 valence electrons. The van der Waals surface area contributed by atoms with E-state index in [0.717, 1.165) is 42.1 Å². The van der Waals surface area contributed by atoms with Gasteiger partial charge in [0.1, 0.15) is 11.6 Å². The van der Waals surface area contributed by atoms with E-state index in [4.69, 9.17) is 14.9 Å². The van der Waals surface area contributed by atoms with Crippen molar-refractivity contribution in [1.82, 2.24) is 9.34 Å². The molecule has 0 heterocycles. The normalized spacial score (nSPS) is 37.6. The van der Waals surface area contributed by atoms with Gasteiger partial charge in [0.15, 0.2) is 0 Å². The minimum atomic E-state index is -0.734. The first-order valence-corrected chi connectivity index (χ1v) is 16.3. The van der Waals surface area contributed by atoms with Gasteiger partial charge in [0.25, 0.3) is 0 Å². The van der Waals surface area contributed by atoms with Crippen LogP contribution in [0, 0.1) is 34.5 Å². The van der Waals surface area contributed by atoms with Gasteiger partial charge in [-0.05, 0) is 115 Å². The molecule has 0 N–H and O–H groups in total. The average Bonchev–Trinajstić information content (AvgIpc) is 3.22. The van der Waals surface area contributed by atoms with E-state index in [0.29, 0.717) is 17.3 Å². The highest BCUT2D eigenvalue weighted by Crippen LogP contribution is 2.65. The van der Waals surface area contributed by atoms with Gasteiger partial charge in [0, 0.05) is 23.6 Å². The Hall–Kier alpha value is -1.62. The van der Waals surface area contributed by atoms with Crippen molar-refractivity contribution in [3.05, 3.63) is 35.9 Å². The summed E-state index contributed by atoms with van der Waals surface area (Å²) in [4.78, 5) is 11.6. The number of nitrogens with zero attached hydrogens (tertiary/aromatic N) is 4. The van der Waals surface area contributed by atoms with Crippen molar-refractivity contribution in [3.8, 4) is 0 Å². The Kier molecular flexibility index (Phi) is 8.40. The van der Waals surface area contributed by atoms with Crippen LogP contribution in [0.15, 0.2) is 40.5 Å². The van der Waals surface area contributed by atoms with Crippen LogP contribution < -0.4 is 0 Å². The number of hydrogen-bond donors (Lipinski definition) is 0. The van der Waals surface area contributed by atoms with Crippen LogP contribution in [0.4, 0.5) is 0 Å². The van der Waals surface area contributed by atoms with E-state index in [9.17, 15) is 4.79 Å². The highest BCUT2D eigenvalue weighted by Gasteiger charge is 2.59. The van der Waals surface area contributed by atoms with Crippen LogP contribution in [0.25, 0.3) is 0 Å². The Morgan fingerprint density at radius 1 is 0.949 bits per heavy atom. The van der Waals surface area contributed by atoms with Crippen LogP contribution >= 0.6 is 8.22 Å². The minimum absolute atomic E-state index is 0.120. The van der Waals surface area contributed by atoms with E-state index in [1.807, 2.05) is 0 Å². The second-order valence-corrected chi connectivity index (χ2v) is 16.1. The standard InChI is InChI=1S/C32H49N4O2P/c1-22(37)38-25-17-19-31(2)24(21-25)13-14-26-27-15-16-29(32(27,3)20-18-28(26)31)33-34-30(23-11-9-8-10-12-23)39(35(4)5)36(6)7/h8-12,24-28H,13-21H2,1-7H3/b33-29-,34-30-/t24-,25-,26-,27-,28-,31-,32-/m0/s1. The molecule has 1 aromatic rings. The third-order valence-corrected chi connectivity index (χ3v) is 13.2. The van der Waals surface area contributed by atoms with Crippen molar-refractivity contribution in [2.75, 3.05) is 28.2 Å². The fourth-order valence-corrected chi connectivity index (χ4v) is 11.1. The van der Waals surface area contributed by atoms with Crippen molar-refractivity contribution < 1.29 is 9.53 Å². The van der Waals surface area contributed by atoms with Crippen molar-refractivity contribution in [3.63, 3.8) is 0 Å². The molecule has 4 fully saturated rings. The fourth-order valence-electron chi connectivity index (χ4n) is 9.16. The van der Waals surface area contributed by atoms with E-state index in [-0.39, 0.29) is 17.5 Å². The first kappa shape index (κ1) is 28.9. The summed E-state index contributed by atoms with van der Waals surface area (Å²) in [6.07, 6.45) is 10.9. The molecular formula is C32H49N4O2P. The molecule has 5 rings (SSSR count). The van der Waals surface area contributed by atoms with Crippen molar-refractivity contribution >= 4 is 25.4 Å². The number of esters is 1. The molecule has 4 saturated carbocycles.